The van der Waals surface area contributed by atoms with Gasteiger partial charge in [0.25, 0.3) is 10.0 Å². The second-order valence-electron chi connectivity index (χ2n) is 3.91. The molecule has 0 aliphatic heterocycles. The average Bonchev–Trinajstić information content (AvgIpc) is 2.46. The topological polar surface area (TPSA) is 59.5 Å². The van der Waals surface area contributed by atoms with Crippen molar-refractivity contribution in [3.8, 4) is 0 Å². The second kappa shape index (κ2) is 6.34. The zero-order valence-corrected chi connectivity index (χ0v) is 13.1. The summed E-state index contributed by atoms with van der Waals surface area (Å²) in [7, 11) is -2.27. The lowest BCUT2D eigenvalue weighted by molar-refractivity contribution is 0.209. The molecule has 20 heavy (non-hydrogen) atoms. The Labute approximate surface area is 126 Å². The van der Waals surface area contributed by atoms with Crippen molar-refractivity contribution in [1.29, 1.82) is 0 Å². The van der Waals surface area contributed by atoms with Crippen LogP contribution in [0, 0.1) is 0 Å². The molecule has 0 fully saturated rings. The predicted molar refractivity (Wildman–Crippen MR) is 79.9 cm³/mol. The molecule has 0 bridgehead atoms. The van der Waals surface area contributed by atoms with Crippen LogP contribution in [0.2, 0.25) is 0 Å². The Morgan fingerprint density at radius 2 is 1.90 bits per heavy atom. The van der Waals surface area contributed by atoms with Crippen LogP contribution in [-0.4, -0.2) is 27.2 Å². The van der Waals surface area contributed by atoms with Crippen LogP contribution in [0.3, 0.4) is 0 Å². The van der Waals surface area contributed by atoms with E-state index in [4.69, 9.17) is 4.74 Å². The van der Waals surface area contributed by atoms with Gasteiger partial charge in [0.15, 0.2) is 0 Å². The molecule has 0 N–H and O–H groups in total. The molecule has 0 spiro atoms. The Morgan fingerprint density at radius 3 is 2.45 bits per heavy atom. The molecule has 0 radical (unpaired) electrons. The number of hydrogen-bond acceptors (Lipinski definition) is 4. The third-order valence-electron chi connectivity index (χ3n) is 2.55. The minimum absolute atomic E-state index is 0.102. The number of pyridine rings is 1. The van der Waals surface area contributed by atoms with E-state index in [2.05, 4.69) is 20.9 Å². The lowest BCUT2D eigenvalue weighted by Gasteiger charge is -2.22. The van der Waals surface area contributed by atoms with Gasteiger partial charge in [0.05, 0.1) is 4.90 Å². The van der Waals surface area contributed by atoms with Crippen molar-refractivity contribution in [3.05, 3.63) is 53.1 Å². The Morgan fingerprint density at radius 1 is 1.20 bits per heavy atom. The number of methoxy groups -OCH3 is 1. The zero-order valence-electron chi connectivity index (χ0n) is 10.7. The number of ether oxygens (including phenoxy) is 1. The van der Waals surface area contributed by atoms with E-state index in [1.165, 1.54) is 25.4 Å². The summed E-state index contributed by atoms with van der Waals surface area (Å²) >= 11 is 3.28. The molecule has 0 amide bonds. The third-order valence-corrected chi connectivity index (χ3v) is 4.82. The monoisotopic (exact) mass is 356 g/mol. The van der Waals surface area contributed by atoms with Crippen molar-refractivity contribution in [2.24, 2.45) is 0 Å². The van der Waals surface area contributed by atoms with Crippen LogP contribution in [-0.2, 0) is 14.8 Å². The fourth-order valence-corrected chi connectivity index (χ4v) is 3.21. The van der Waals surface area contributed by atoms with Crippen LogP contribution < -0.4 is 4.31 Å². The van der Waals surface area contributed by atoms with E-state index >= 15 is 0 Å². The van der Waals surface area contributed by atoms with Crippen molar-refractivity contribution in [2.45, 2.75) is 4.90 Å². The molecule has 0 saturated heterocycles. The van der Waals surface area contributed by atoms with Gasteiger partial charge in [0.1, 0.15) is 12.5 Å². The van der Waals surface area contributed by atoms with Gasteiger partial charge in [-0.05, 0) is 36.4 Å². The summed E-state index contributed by atoms with van der Waals surface area (Å²) in [4.78, 5) is 4.25. The van der Waals surface area contributed by atoms with Gasteiger partial charge in [-0.1, -0.05) is 22.0 Å². The lowest BCUT2D eigenvalue weighted by Crippen LogP contribution is -2.33. The molecule has 7 heteroatoms. The number of rotatable bonds is 5. The molecule has 0 unspecified atom stereocenters. The number of hydrogen-bond donors (Lipinski definition) is 0. The van der Waals surface area contributed by atoms with E-state index in [9.17, 15) is 8.42 Å². The van der Waals surface area contributed by atoms with Crippen LogP contribution in [0.4, 0.5) is 5.82 Å². The van der Waals surface area contributed by atoms with E-state index in [0.717, 1.165) is 8.78 Å². The van der Waals surface area contributed by atoms with Gasteiger partial charge >= 0.3 is 0 Å². The highest BCUT2D eigenvalue weighted by Crippen LogP contribution is 2.22. The molecule has 0 atom stereocenters. The standard InChI is InChI=1S/C13H13BrN2O3S/c1-19-10-16(13-4-2-3-9-15-13)20(17,18)12-7-5-11(14)6-8-12/h2-9H,10H2,1H3. The molecular weight excluding hydrogens is 344 g/mol. The maximum Gasteiger partial charge on any atom is 0.267 e. The first kappa shape index (κ1) is 15.0. The van der Waals surface area contributed by atoms with Crippen molar-refractivity contribution < 1.29 is 13.2 Å². The van der Waals surface area contributed by atoms with Gasteiger partial charge < -0.3 is 4.74 Å². The zero-order chi connectivity index (χ0) is 14.6. The number of nitrogens with zero attached hydrogens (tertiary/aromatic N) is 2. The fourth-order valence-electron chi connectivity index (χ4n) is 1.61. The van der Waals surface area contributed by atoms with E-state index in [1.54, 1.807) is 30.3 Å². The molecule has 0 aliphatic rings. The summed E-state index contributed by atoms with van der Waals surface area (Å²) in [6.07, 6.45) is 1.54. The smallest absolute Gasteiger partial charge is 0.267 e. The summed E-state index contributed by atoms with van der Waals surface area (Å²) in [5, 5.41) is 0. The lowest BCUT2D eigenvalue weighted by atomic mass is 10.4. The number of anilines is 1. The maximum atomic E-state index is 12.6. The molecule has 5 nitrogen and oxygen atoms in total. The molecule has 2 aromatic rings. The van der Waals surface area contributed by atoms with Gasteiger partial charge in [-0.25, -0.2) is 17.7 Å². The number of aromatic nitrogens is 1. The molecule has 1 aromatic heterocycles. The van der Waals surface area contributed by atoms with E-state index in [0.29, 0.717) is 5.82 Å². The molecule has 0 aliphatic carbocycles. The highest BCUT2D eigenvalue weighted by atomic mass is 79.9. The molecule has 106 valence electrons. The minimum atomic E-state index is -3.71. The first-order chi connectivity index (χ1) is 9.55. The van der Waals surface area contributed by atoms with Crippen LogP contribution in [0.1, 0.15) is 0 Å². The molecule has 2 rings (SSSR count). The quantitative estimate of drug-likeness (QED) is 0.772. The van der Waals surface area contributed by atoms with Gasteiger partial charge in [-0.2, -0.15) is 0 Å². The maximum absolute atomic E-state index is 12.6. The Hall–Kier alpha value is -1.44. The van der Waals surface area contributed by atoms with Gasteiger partial charge in [0, 0.05) is 17.8 Å². The predicted octanol–water partition coefficient (Wildman–Crippen LogP) is 2.64. The first-order valence-corrected chi connectivity index (χ1v) is 7.97. The van der Waals surface area contributed by atoms with Gasteiger partial charge in [-0.3, -0.25) is 0 Å². The third kappa shape index (κ3) is 3.17. The minimum Gasteiger partial charge on any atom is -0.363 e. The SMILES string of the molecule is COCN(c1ccccn1)S(=O)(=O)c1ccc(Br)cc1. The van der Waals surface area contributed by atoms with E-state index in [1.807, 2.05) is 0 Å². The molecule has 1 aromatic carbocycles. The summed E-state index contributed by atoms with van der Waals surface area (Å²) < 4.78 is 32.2. The van der Waals surface area contributed by atoms with Crippen LogP contribution >= 0.6 is 15.9 Å². The van der Waals surface area contributed by atoms with Gasteiger partial charge in [-0.15, -0.1) is 0 Å². The van der Waals surface area contributed by atoms with Crippen molar-refractivity contribution >= 4 is 31.8 Å². The number of sulfonamides is 1. The van der Waals surface area contributed by atoms with Crippen molar-refractivity contribution in [2.75, 3.05) is 18.1 Å². The summed E-state index contributed by atoms with van der Waals surface area (Å²) in [5.41, 5.74) is 0. The van der Waals surface area contributed by atoms with Gasteiger partial charge in [0.2, 0.25) is 0 Å². The van der Waals surface area contributed by atoms with E-state index < -0.39 is 10.0 Å². The summed E-state index contributed by atoms with van der Waals surface area (Å²) in [5.74, 6) is 0.317. The van der Waals surface area contributed by atoms with Crippen molar-refractivity contribution in [1.82, 2.24) is 4.98 Å². The second-order valence-corrected chi connectivity index (χ2v) is 6.69. The highest BCUT2D eigenvalue weighted by Gasteiger charge is 2.25. The summed E-state index contributed by atoms with van der Waals surface area (Å²) in [6, 6.07) is 11.5. The highest BCUT2D eigenvalue weighted by molar-refractivity contribution is 9.10. The average molecular weight is 357 g/mol. The number of benzene rings is 1. The molecule has 0 saturated carbocycles. The summed E-state index contributed by atoms with van der Waals surface area (Å²) in [6.45, 7) is -0.102. The normalized spacial score (nSPS) is 11.3. The van der Waals surface area contributed by atoms with Crippen molar-refractivity contribution in [3.63, 3.8) is 0 Å². The Balaban J connectivity index is 2.45. The number of halogens is 1. The van der Waals surface area contributed by atoms with Crippen LogP contribution in [0.5, 0.6) is 0 Å². The Bertz CT molecular complexity index is 660. The fraction of sp³-hybridized carbons (Fsp3) is 0.154. The largest absolute Gasteiger partial charge is 0.363 e. The molecule has 1 heterocycles. The molecular formula is C13H13BrN2O3S. The first-order valence-electron chi connectivity index (χ1n) is 5.74. The van der Waals surface area contributed by atoms with Crippen LogP contribution in [0.25, 0.3) is 0 Å². The van der Waals surface area contributed by atoms with E-state index in [-0.39, 0.29) is 11.6 Å². The van der Waals surface area contributed by atoms with Crippen LogP contribution in [0.15, 0.2) is 58.0 Å². The Kier molecular flexibility index (Phi) is 4.74.